The van der Waals surface area contributed by atoms with Gasteiger partial charge in [-0.15, -0.1) is 11.3 Å². The fourth-order valence-corrected chi connectivity index (χ4v) is 2.54. The van der Waals surface area contributed by atoms with Crippen molar-refractivity contribution in [2.75, 3.05) is 0 Å². The first-order chi connectivity index (χ1) is 6.81. The van der Waals surface area contributed by atoms with Gasteiger partial charge in [0, 0.05) is 4.70 Å². The number of fused-ring (bicyclic) bond motifs is 1. The standard InChI is InChI=1S/C12H12FS/c1-2-3-4-9-8-14-12-6-5-10(13)7-11(9)12/h5-8H,1-4H2. The first-order valence-corrected chi connectivity index (χ1v) is 5.64. The highest BCUT2D eigenvalue weighted by Crippen LogP contribution is 2.27. The van der Waals surface area contributed by atoms with Crippen molar-refractivity contribution >= 4 is 21.4 Å². The smallest absolute Gasteiger partial charge is 0.123 e. The van der Waals surface area contributed by atoms with Crippen LogP contribution in [0.3, 0.4) is 0 Å². The quantitative estimate of drug-likeness (QED) is 0.707. The number of aryl methyl sites for hydroxylation is 1. The van der Waals surface area contributed by atoms with Gasteiger partial charge in [0.05, 0.1) is 0 Å². The molecular formula is C12H12FS. The molecule has 0 fully saturated rings. The average molecular weight is 207 g/mol. The van der Waals surface area contributed by atoms with E-state index in [-0.39, 0.29) is 5.82 Å². The van der Waals surface area contributed by atoms with Crippen LogP contribution in [0.25, 0.3) is 10.1 Å². The maximum absolute atomic E-state index is 13.0. The summed E-state index contributed by atoms with van der Waals surface area (Å²) >= 11 is 1.69. The number of rotatable bonds is 3. The summed E-state index contributed by atoms with van der Waals surface area (Å²) in [6.07, 6.45) is 3.02. The number of thiophene rings is 1. The van der Waals surface area contributed by atoms with Gasteiger partial charge >= 0.3 is 0 Å². The van der Waals surface area contributed by atoms with Gasteiger partial charge in [-0.25, -0.2) is 4.39 Å². The van der Waals surface area contributed by atoms with Crippen molar-refractivity contribution in [2.45, 2.75) is 19.3 Å². The Morgan fingerprint density at radius 1 is 1.36 bits per heavy atom. The van der Waals surface area contributed by atoms with Crippen LogP contribution < -0.4 is 0 Å². The molecule has 1 aromatic carbocycles. The van der Waals surface area contributed by atoms with Crippen molar-refractivity contribution < 1.29 is 4.39 Å². The van der Waals surface area contributed by atoms with Gasteiger partial charge in [-0.3, -0.25) is 0 Å². The molecule has 2 heteroatoms. The summed E-state index contributed by atoms with van der Waals surface area (Å²) < 4.78 is 14.2. The zero-order valence-electron chi connectivity index (χ0n) is 7.92. The van der Waals surface area contributed by atoms with E-state index in [9.17, 15) is 4.39 Å². The SMILES string of the molecule is [CH2]CCCc1csc2ccc(F)cc12. The Kier molecular flexibility index (Phi) is 2.82. The zero-order chi connectivity index (χ0) is 9.97. The number of halogens is 1. The molecule has 0 unspecified atom stereocenters. The van der Waals surface area contributed by atoms with Crippen molar-refractivity contribution in [1.29, 1.82) is 0 Å². The first-order valence-electron chi connectivity index (χ1n) is 4.76. The van der Waals surface area contributed by atoms with E-state index in [1.165, 1.54) is 16.3 Å². The lowest BCUT2D eigenvalue weighted by Gasteiger charge is -1.97. The van der Waals surface area contributed by atoms with Crippen molar-refractivity contribution in [3.8, 4) is 0 Å². The van der Waals surface area contributed by atoms with E-state index in [1.807, 2.05) is 6.07 Å². The summed E-state index contributed by atoms with van der Waals surface area (Å²) in [5.41, 5.74) is 1.26. The summed E-state index contributed by atoms with van der Waals surface area (Å²) in [5, 5.41) is 3.20. The van der Waals surface area contributed by atoms with Crippen LogP contribution in [0, 0.1) is 12.7 Å². The molecule has 2 aromatic rings. The average Bonchev–Trinajstić information content (AvgIpc) is 2.57. The minimum atomic E-state index is -0.147. The van der Waals surface area contributed by atoms with Crippen molar-refractivity contribution in [1.82, 2.24) is 0 Å². The molecule has 0 amide bonds. The minimum absolute atomic E-state index is 0.147. The molecule has 0 N–H and O–H groups in total. The summed E-state index contributed by atoms with van der Waals surface area (Å²) in [6.45, 7) is 3.81. The first kappa shape index (κ1) is 9.66. The van der Waals surface area contributed by atoms with E-state index >= 15 is 0 Å². The predicted molar refractivity (Wildman–Crippen MR) is 60.1 cm³/mol. The topological polar surface area (TPSA) is 0 Å². The van der Waals surface area contributed by atoms with E-state index in [0.717, 1.165) is 24.6 Å². The molecule has 0 aliphatic heterocycles. The van der Waals surface area contributed by atoms with Gasteiger partial charge in [0.1, 0.15) is 5.82 Å². The fourth-order valence-electron chi connectivity index (χ4n) is 1.56. The van der Waals surface area contributed by atoms with Gasteiger partial charge < -0.3 is 0 Å². The Hall–Kier alpha value is -0.890. The second-order valence-corrected chi connectivity index (χ2v) is 4.27. The van der Waals surface area contributed by atoms with Gasteiger partial charge in [0.2, 0.25) is 0 Å². The summed E-state index contributed by atoms with van der Waals surface area (Å²) in [6, 6.07) is 5.00. The fraction of sp³-hybridized carbons (Fsp3) is 0.250. The van der Waals surface area contributed by atoms with E-state index in [2.05, 4.69) is 12.3 Å². The molecule has 0 nitrogen and oxygen atoms in total. The van der Waals surface area contributed by atoms with Gasteiger partial charge in [0.25, 0.3) is 0 Å². The number of hydrogen-bond donors (Lipinski definition) is 0. The second-order valence-electron chi connectivity index (χ2n) is 3.36. The highest BCUT2D eigenvalue weighted by atomic mass is 32.1. The van der Waals surface area contributed by atoms with Gasteiger partial charge in [-0.1, -0.05) is 13.3 Å². The maximum Gasteiger partial charge on any atom is 0.123 e. The molecule has 0 spiro atoms. The van der Waals surface area contributed by atoms with Gasteiger partial charge in [-0.2, -0.15) is 0 Å². The van der Waals surface area contributed by atoms with Crippen LogP contribution in [0.15, 0.2) is 23.6 Å². The molecular weight excluding hydrogens is 195 g/mol. The molecule has 1 radical (unpaired) electrons. The molecule has 14 heavy (non-hydrogen) atoms. The molecule has 0 atom stereocenters. The molecule has 1 heterocycles. The Balaban J connectivity index is 2.40. The van der Waals surface area contributed by atoms with Gasteiger partial charge in [0.15, 0.2) is 0 Å². The van der Waals surface area contributed by atoms with Crippen LogP contribution in [0.2, 0.25) is 0 Å². The Morgan fingerprint density at radius 2 is 2.21 bits per heavy atom. The molecule has 0 saturated carbocycles. The molecule has 0 aliphatic rings. The third kappa shape index (κ3) is 1.80. The Labute approximate surface area is 87.4 Å². The molecule has 2 rings (SSSR count). The summed E-state index contributed by atoms with van der Waals surface area (Å²) in [7, 11) is 0. The Bertz CT molecular complexity index is 431. The van der Waals surface area contributed by atoms with E-state index < -0.39 is 0 Å². The van der Waals surface area contributed by atoms with Crippen LogP contribution >= 0.6 is 11.3 Å². The lowest BCUT2D eigenvalue weighted by Crippen LogP contribution is -1.82. The third-order valence-corrected chi connectivity index (χ3v) is 3.32. The van der Waals surface area contributed by atoms with E-state index in [0.29, 0.717) is 0 Å². The predicted octanol–water partition coefficient (Wildman–Crippen LogP) is 4.20. The van der Waals surface area contributed by atoms with Gasteiger partial charge in [-0.05, 0) is 47.4 Å². The zero-order valence-corrected chi connectivity index (χ0v) is 8.74. The third-order valence-electron chi connectivity index (χ3n) is 2.31. The maximum atomic E-state index is 13.0. The molecule has 0 saturated heterocycles. The number of unbranched alkanes of at least 4 members (excludes halogenated alkanes) is 1. The van der Waals surface area contributed by atoms with Crippen molar-refractivity contribution in [3.63, 3.8) is 0 Å². The molecule has 73 valence electrons. The van der Waals surface area contributed by atoms with Crippen molar-refractivity contribution in [3.05, 3.63) is 41.9 Å². The van der Waals surface area contributed by atoms with Crippen LogP contribution in [0.1, 0.15) is 18.4 Å². The highest BCUT2D eigenvalue weighted by molar-refractivity contribution is 7.17. The largest absolute Gasteiger partial charge is 0.207 e. The summed E-state index contributed by atoms with van der Waals surface area (Å²) in [5.74, 6) is -0.147. The number of benzene rings is 1. The lowest BCUT2D eigenvalue weighted by molar-refractivity contribution is 0.629. The minimum Gasteiger partial charge on any atom is -0.207 e. The monoisotopic (exact) mass is 207 g/mol. The Morgan fingerprint density at radius 3 is 3.00 bits per heavy atom. The molecule has 1 aromatic heterocycles. The molecule has 0 bridgehead atoms. The normalized spacial score (nSPS) is 11.0. The second kappa shape index (κ2) is 4.09. The van der Waals surface area contributed by atoms with Crippen LogP contribution in [-0.2, 0) is 6.42 Å². The molecule has 0 aliphatic carbocycles. The van der Waals surface area contributed by atoms with Crippen LogP contribution in [-0.4, -0.2) is 0 Å². The van der Waals surface area contributed by atoms with Crippen LogP contribution in [0.4, 0.5) is 4.39 Å². The number of hydrogen-bond acceptors (Lipinski definition) is 1. The highest BCUT2D eigenvalue weighted by Gasteiger charge is 2.04. The van der Waals surface area contributed by atoms with Crippen molar-refractivity contribution in [2.24, 2.45) is 0 Å². The van der Waals surface area contributed by atoms with Crippen LogP contribution in [0.5, 0.6) is 0 Å². The van der Waals surface area contributed by atoms with E-state index in [1.54, 1.807) is 17.4 Å². The lowest BCUT2D eigenvalue weighted by atomic mass is 10.1. The summed E-state index contributed by atoms with van der Waals surface area (Å²) in [4.78, 5) is 0. The van der Waals surface area contributed by atoms with E-state index in [4.69, 9.17) is 0 Å².